The van der Waals surface area contributed by atoms with Crippen LogP contribution in [0.15, 0.2) is 48.5 Å². The summed E-state index contributed by atoms with van der Waals surface area (Å²) in [5, 5.41) is 7.90. The van der Waals surface area contributed by atoms with Crippen LogP contribution >= 0.6 is 34.5 Å². The summed E-state index contributed by atoms with van der Waals surface area (Å²) in [6.45, 7) is 3.80. The molecule has 0 saturated carbocycles. The number of hydrogen-bond donors (Lipinski definition) is 4. The summed E-state index contributed by atoms with van der Waals surface area (Å²) in [4.78, 5) is 0. The summed E-state index contributed by atoms with van der Waals surface area (Å²) in [5.74, 6) is -0.279. The molecule has 0 aliphatic carbocycles. The largest absolute Gasteiger partial charge is 0.455 e. The molecule has 7 nitrogen and oxygen atoms in total. The molecule has 0 bridgehead atoms. The van der Waals surface area contributed by atoms with Gasteiger partial charge in [-0.15, -0.1) is 0 Å². The summed E-state index contributed by atoms with van der Waals surface area (Å²) < 4.78 is 64.5. The minimum atomic E-state index is -4.27. The van der Waals surface area contributed by atoms with Crippen molar-refractivity contribution in [2.75, 3.05) is 20.5 Å². The van der Waals surface area contributed by atoms with Crippen LogP contribution in [0.4, 0.5) is 31.5 Å². The number of ether oxygens (including phenoxy) is 1. The number of benzene rings is 3. The lowest BCUT2D eigenvalue weighted by Gasteiger charge is -2.19. The Morgan fingerprint density at radius 2 is 1.82 bits per heavy atom. The second-order valence-electron chi connectivity index (χ2n) is 6.79. The lowest BCUT2D eigenvalue weighted by Crippen LogP contribution is -2.22. The molecule has 0 fully saturated rings. The Morgan fingerprint density at radius 1 is 1.06 bits per heavy atom. The molecule has 0 amide bonds. The fraction of sp³-hybridized carbons (Fsp3) is 0.143. The van der Waals surface area contributed by atoms with Crippen LogP contribution in [-0.4, -0.2) is 14.2 Å². The lowest BCUT2D eigenvalue weighted by atomic mass is 10.2. The van der Waals surface area contributed by atoms with Crippen LogP contribution in [-0.2, 0) is 10.2 Å². The molecule has 0 aliphatic heterocycles. The Labute approximate surface area is 208 Å². The van der Waals surface area contributed by atoms with Crippen molar-refractivity contribution in [1.82, 2.24) is 0 Å². The van der Waals surface area contributed by atoms with E-state index >= 15 is 0 Å². The van der Waals surface area contributed by atoms with Crippen LogP contribution < -0.4 is 24.6 Å². The molecule has 0 radical (unpaired) electrons. The molecule has 0 spiro atoms. The van der Waals surface area contributed by atoms with Crippen LogP contribution in [0.25, 0.3) is 0 Å². The molecular formula is C21H21F2IN4O3S2. The molecular weight excluding hydrogens is 585 g/mol. The number of nitrogens with one attached hydrogen (secondary N) is 3. The Hall–Kier alpha value is -2.29. The van der Waals surface area contributed by atoms with E-state index in [9.17, 15) is 17.2 Å². The highest BCUT2D eigenvalue weighted by Crippen LogP contribution is 2.41. The fourth-order valence-electron chi connectivity index (χ4n) is 2.85. The third kappa shape index (κ3) is 6.85. The van der Waals surface area contributed by atoms with E-state index in [-0.39, 0.29) is 22.8 Å². The summed E-state index contributed by atoms with van der Waals surface area (Å²) in [7, 11) is -4.27. The zero-order valence-electron chi connectivity index (χ0n) is 17.6. The van der Waals surface area contributed by atoms with Crippen LogP contribution in [0.3, 0.4) is 0 Å². The normalized spacial score (nSPS) is 11.2. The SMILES string of the molecule is CCSNc1cccc(Oc2cc(F)cc(Nc3ccc(I)cc3F)c2NS(N)(=O)=O)c1C. The molecule has 3 aromatic carbocycles. The zero-order valence-corrected chi connectivity index (χ0v) is 21.4. The van der Waals surface area contributed by atoms with Crippen LogP contribution in [0.2, 0.25) is 0 Å². The van der Waals surface area contributed by atoms with Crippen molar-refractivity contribution >= 4 is 67.5 Å². The Morgan fingerprint density at radius 3 is 2.48 bits per heavy atom. The van der Waals surface area contributed by atoms with Gasteiger partial charge < -0.3 is 14.8 Å². The molecule has 3 rings (SSSR count). The summed E-state index contributed by atoms with van der Waals surface area (Å²) in [5.41, 5.74) is 1.28. The van der Waals surface area contributed by atoms with Gasteiger partial charge in [0.15, 0.2) is 5.75 Å². The minimum absolute atomic E-state index is 0.0170. The first-order valence-electron chi connectivity index (χ1n) is 9.59. The quantitative estimate of drug-likeness (QED) is 0.173. The van der Waals surface area contributed by atoms with Crippen molar-refractivity contribution in [2.45, 2.75) is 13.8 Å². The average molecular weight is 606 g/mol. The van der Waals surface area contributed by atoms with Gasteiger partial charge in [0.25, 0.3) is 10.2 Å². The monoisotopic (exact) mass is 606 g/mol. The molecule has 33 heavy (non-hydrogen) atoms. The maximum Gasteiger partial charge on any atom is 0.296 e. The Bertz CT molecular complexity index is 1280. The smallest absolute Gasteiger partial charge is 0.296 e. The molecule has 176 valence electrons. The summed E-state index contributed by atoms with van der Waals surface area (Å²) >= 11 is 3.44. The molecule has 0 heterocycles. The van der Waals surface area contributed by atoms with Gasteiger partial charge in [-0.3, -0.25) is 4.72 Å². The number of rotatable bonds is 9. The van der Waals surface area contributed by atoms with Crippen molar-refractivity contribution < 1.29 is 21.9 Å². The van der Waals surface area contributed by atoms with Gasteiger partial charge in [-0.25, -0.2) is 13.9 Å². The van der Waals surface area contributed by atoms with Crippen molar-refractivity contribution in [1.29, 1.82) is 0 Å². The highest BCUT2D eigenvalue weighted by atomic mass is 127. The standard InChI is InChI=1S/C21H21F2IN4O3S2/c1-3-32-27-16-5-4-6-19(12(16)2)31-20-10-13(22)9-18(21(20)28-33(25,29)30)26-17-8-7-14(24)11-15(17)23/h4-11,26-28H,3H2,1-2H3,(H2,25,29,30). The summed E-state index contributed by atoms with van der Waals surface area (Å²) in [6.07, 6.45) is 0. The van der Waals surface area contributed by atoms with E-state index in [0.717, 1.165) is 29.1 Å². The van der Waals surface area contributed by atoms with E-state index in [2.05, 4.69) is 14.8 Å². The number of anilines is 4. The van der Waals surface area contributed by atoms with Crippen molar-refractivity contribution in [3.8, 4) is 11.5 Å². The van der Waals surface area contributed by atoms with E-state index in [1.807, 2.05) is 35.6 Å². The van der Waals surface area contributed by atoms with Gasteiger partial charge in [0.1, 0.15) is 23.1 Å². The van der Waals surface area contributed by atoms with Crippen LogP contribution in [0.1, 0.15) is 12.5 Å². The maximum atomic E-state index is 14.5. The van der Waals surface area contributed by atoms with E-state index in [4.69, 9.17) is 9.88 Å². The zero-order chi connectivity index (χ0) is 24.2. The van der Waals surface area contributed by atoms with Crippen LogP contribution in [0.5, 0.6) is 11.5 Å². The number of nitrogens with two attached hydrogens (primary N) is 1. The molecule has 0 unspecified atom stereocenters. The highest BCUT2D eigenvalue weighted by Gasteiger charge is 2.19. The van der Waals surface area contributed by atoms with Crippen molar-refractivity contribution in [3.63, 3.8) is 0 Å². The average Bonchev–Trinajstić information content (AvgIpc) is 2.72. The first-order chi connectivity index (χ1) is 15.6. The van der Waals surface area contributed by atoms with E-state index in [0.29, 0.717) is 9.32 Å². The van der Waals surface area contributed by atoms with E-state index in [1.165, 1.54) is 24.1 Å². The van der Waals surface area contributed by atoms with Gasteiger partial charge >= 0.3 is 0 Å². The van der Waals surface area contributed by atoms with E-state index in [1.54, 1.807) is 25.1 Å². The molecule has 0 atom stereocenters. The van der Waals surface area contributed by atoms with Gasteiger partial charge in [0.05, 0.1) is 17.1 Å². The maximum absolute atomic E-state index is 14.5. The topological polar surface area (TPSA) is 105 Å². The van der Waals surface area contributed by atoms with Crippen molar-refractivity contribution in [2.24, 2.45) is 5.14 Å². The highest BCUT2D eigenvalue weighted by molar-refractivity contribution is 14.1. The minimum Gasteiger partial charge on any atom is -0.455 e. The van der Waals surface area contributed by atoms with Gasteiger partial charge in [-0.2, -0.15) is 8.42 Å². The second-order valence-corrected chi connectivity index (χ2v) is 10.4. The predicted molar refractivity (Wildman–Crippen MR) is 139 cm³/mol. The third-order valence-corrected chi connectivity index (χ3v) is 6.15. The fourth-order valence-corrected chi connectivity index (χ4v) is 4.32. The predicted octanol–water partition coefficient (Wildman–Crippen LogP) is 6.11. The molecule has 5 N–H and O–H groups in total. The summed E-state index contributed by atoms with van der Waals surface area (Å²) in [6, 6.07) is 11.7. The second kappa shape index (κ2) is 10.8. The molecule has 0 aromatic heterocycles. The first kappa shape index (κ1) is 25.3. The molecule has 0 aliphatic rings. The van der Waals surface area contributed by atoms with Gasteiger partial charge in [0.2, 0.25) is 0 Å². The molecule has 3 aromatic rings. The number of halogens is 3. The van der Waals surface area contributed by atoms with Gasteiger partial charge in [-0.05, 0) is 65.9 Å². The number of hydrogen-bond acceptors (Lipinski definition) is 6. The molecule has 12 heteroatoms. The molecule has 0 saturated heterocycles. The Balaban J connectivity index is 2.08. The lowest BCUT2D eigenvalue weighted by molar-refractivity contribution is 0.476. The van der Waals surface area contributed by atoms with Gasteiger partial charge in [0, 0.05) is 21.0 Å². The van der Waals surface area contributed by atoms with E-state index < -0.39 is 21.8 Å². The van der Waals surface area contributed by atoms with Crippen LogP contribution in [0, 0.1) is 22.1 Å². The first-order valence-corrected chi connectivity index (χ1v) is 13.2. The Kier molecular flexibility index (Phi) is 8.26. The third-order valence-electron chi connectivity index (χ3n) is 4.34. The van der Waals surface area contributed by atoms with Gasteiger partial charge in [-0.1, -0.05) is 24.9 Å². The van der Waals surface area contributed by atoms with Crippen molar-refractivity contribution in [3.05, 3.63) is 69.3 Å².